The van der Waals surface area contributed by atoms with Gasteiger partial charge in [0.1, 0.15) is 6.04 Å². The van der Waals surface area contributed by atoms with Gasteiger partial charge in [-0.15, -0.1) is 0 Å². The van der Waals surface area contributed by atoms with Gasteiger partial charge in [-0.25, -0.2) is 8.42 Å². The van der Waals surface area contributed by atoms with E-state index in [4.69, 9.17) is 5.11 Å². The van der Waals surface area contributed by atoms with E-state index in [0.717, 1.165) is 4.31 Å². The summed E-state index contributed by atoms with van der Waals surface area (Å²) < 4.78 is 26.2. The fourth-order valence-electron chi connectivity index (χ4n) is 2.52. The van der Waals surface area contributed by atoms with Gasteiger partial charge in [0.05, 0.1) is 4.92 Å². The summed E-state index contributed by atoms with van der Waals surface area (Å²) in [5.41, 5.74) is 0.663. The average molecular weight is 328 g/mol. The summed E-state index contributed by atoms with van der Waals surface area (Å²) in [7, 11) is -4.24. The molecule has 0 amide bonds. The Kier molecular flexibility index (Phi) is 4.21. The number of carboxylic acids is 1. The summed E-state index contributed by atoms with van der Waals surface area (Å²) >= 11 is 0. The lowest BCUT2D eigenvalue weighted by Crippen LogP contribution is -2.40. The van der Waals surface area contributed by atoms with Crippen molar-refractivity contribution < 1.29 is 23.2 Å². The van der Waals surface area contributed by atoms with Crippen LogP contribution >= 0.6 is 0 Å². The number of aryl methyl sites for hydroxylation is 2. The smallest absolute Gasteiger partial charge is 0.322 e. The fourth-order valence-corrected chi connectivity index (χ4v) is 4.40. The van der Waals surface area contributed by atoms with Crippen LogP contribution < -0.4 is 0 Å². The van der Waals surface area contributed by atoms with E-state index in [1.807, 2.05) is 0 Å². The highest BCUT2D eigenvalue weighted by Crippen LogP contribution is 2.33. The van der Waals surface area contributed by atoms with E-state index in [1.165, 1.54) is 12.1 Å². The molecule has 0 aliphatic carbocycles. The van der Waals surface area contributed by atoms with Crippen molar-refractivity contribution in [1.82, 2.24) is 4.31 Å². The van der Waals surface area contributed by atoms with Crippen molar-refractivity contribution in [3.8, 4) is 0 Å². The van der Waals surface area contributed by atoms with E-state index in [1.54, 1.807) is 13.8 Å². The molecule has 0 radical (unpaired) electrons. The van der Waals surface area contributed by atoms with Gasteiger partial charge in [0, 0.05) is 12.6 Å². The second-order valence-electron chi connectivity index (χ2n) is 5.27. The quantitative estimate of drug-likeness (QED) is 0.660. The van der Waals surface area contributed by atoms with Gasteiger partial charge < -0.3 is 5.11 Å². The van der Waals surface area contributed by atoms with Gasteiger partial charge in [-0.3, -0.25) is 14.9 Å². The summed E-state index contributed by atoms with van der Waals surface area (Å²) in [6, 6.07) is 1.26. The Labute approximate surface area is 127 Å². The highest BCUT2D eigenvalue weighted by Gasteiger charge is 2.42. The number of carboxylic acid groups (broad SMARTS) is 1. The highest BCUT2D eigenvalue weighted by molar-refractivity contribution is 7.89. The SMILES string of the molecule is Cc1cc([N+](=O)[O-])c(S(=O)(=O)N2CCC[C@@H]2C(=O)O)cc1C. The van der Waals surface area contributed by atoms with E-state index in [-0.39, 0.29) is 13.0 Å². The van der Waals surface area contributed by atoms with Crippen LogP contribution in [0.1, 0.15) is 24.0 Å². The first-order valence-corrected chi connectivity index (χ1v) is 8.10. The number of sulfonamides is 1. The monoisotopic (exact) mass is 328 g/mol. The first-order chi connectivity index (χ1) is 10.2. The number of nitro benzene ring substituents is 1. The first-order valence-electron chi connectivity index (χ1n) is 6.66. The third-order valence-electron chi connectivity index (χ3n) is 3.85. The van der Waals surface area contributed by atoms with Crippen molar-refractivity contribution in [3.63, 3.8) is 0 Å². The molecular weight excluding hydrogens is 312 g/mol. The topological polar surface area (TPSA) is 118 Å². The maximum absolute atomic E-state index is 12.7. The van der Waals surface area contributed by atoms with Crippen LogP contribution in [0.4, 0.5) is 5.69 Å². The standard InChI is InChI=1S/C13H16N2O6S/c1-8-6-11(15(18)19)12(7-9(8)2)22(20,21)14-5-3-4-10(14)13(16)17/h6-7,10H,3-5H2,1-2H3,(H,16,17)/t10-/m1/s1. The molecule has 0 unspecified atom stereocenters. The van der Waals surface area contributed by atoms with Gasteiger partial charge in [-0.1, -0.05) is 0 Å². The van der Waals surface area contributed by atoms with E-state index in [9.17, 15) is 23.3 Å². The number of carbonyl (C=O) groups is 1. The molecule has 1 fully saturated rings. The largest absolute Gasteiger partial charge is 0.480 e. The van der Waals surface area contributed by atoms with Gasteiger partial charge in [0.15, 0.2) is 4.90 Å². The molecule has 22 heavy (non-hydrogen) atoms. The molecular formula is C13H16N2O6S. The molecule has 2 rings (SSSR count). The molecule has 1 saturated heterocycles. The molecule has 0 saturated carbocycles. The van der Waals surface area contributed by atoms with Gasteiger partial charge in [0.2, 0.25) is 0 Å². The molecule has 1 aliphatic rings. The number of aliphatic carboxylic acids is 1. The minimum Gasteiger partial charge on any atom is -0.480 e. The van der Waals surface area contributed by atoms with E-state index < -0.39 is 37.5 Å². The van der Waals surface area contributed by atoms with Crippen molar-refractivity contribution in [2.24, 2.45) is 0 Å². The molecule has 9 heteroatoms. The highest BCUT2D eigenvalue weighted by atomic mass is 32.2. The molecule has 0 bridgehead atoms. The summed E-state index contributed by atoms with van der Waals surface area (Å²) in [6.45, 7) is 3.34. The van der Waals surface area contributed by atoms with Crippen LogP contribution in [0.25, 0.3) is 0 Å². The predicted molar refractivity (Wildman–Crippen MR) is 77.1 cm³/mol. The maximum Gasteiger partial charge on any atom is 0.322 e. The molecule has 0 aromatic heterocycles. The predicted octanol–water partition coefficient (Wildman–Crippen LogP) is 1.45. The van der Waals surface area contributed by atoms with Crippen LogP contribution in [0.3, 0.4) is 0 Å². The van der Waals surface area contributed by atoms with Gasteiger partial charge in [0.25, 0.3) is 15.7 Å². The lowest BCUT2D eigenvalue weighted by Gasteiger charge is -2.21. The van der Waals surface area contributed by atoms with Crippen molar-refractivity contribution >= 4 is 21.7 Å². The number of nitro groups is 1. The zero-order chi connectivity index (χ0) is 16.7. The number of hydrogen-bond acceptors (Lipinski definition) is 5. The van der Waals surface area contributed by atoms with Crippen molar-refractivity contribution in [1.29, 1.82) is 0 Å². The average Bonchev–Trinajstić information content (AvgIpc) is 2.91. The Morgan fingerprint density at radius 3 is 2.50 bits per heavy atom. The van der Waals surface area contributed by atoms with Crippen molar-refractivity contribution in [2.75, 3.05) is 6.54 Å². The number of nitrogens with zero attached hydrogens (tertiary/aromatic N) is 2. The summed E-state index contributed by atoms with van der Waals surface area (Å²) in [6.07, 6.45) is 0.613. The molecule has 1 heterocycles. The fraction of sp³-hybridized carbons (Fsp3) is 0.462. The Morgan fingerprint density at radius 1 is 1.36 bits per heavy atom. The number of benzene rings is 1. The lowest BCUT2D eigenvalue weighted by molar-refractivity contribution is -0.387. The van der Waals surface area contributed by atoms with Crippen LogP contribution in [0.2, 0.25) is 0 Å². The molecule has 1 aromatic rings. The summed E-state index contributed by atoms with van der Waals surface area (Å²) in [5, 5.41) is 20.3. The lowest BCUT2D eigenvalue weighted by atomic mass is 10.1. The van der Waals surface area contributed by atoms with E-state index in [2.05, 4.69) is 0 Å². The van der Waals surface area contributed by atoms with Crippen LogP contribution in [0.15, 0.2) is 17.0 Å². The van der Waals surface area contributed by atoms with Crippen LogP contribution in [-0.2, 0) is 14.8 Å². The molecule has 8 nitrogen and oxygen atoms in total. The minimum absolute atomic E-state index is 0.0450. The van der Waals surface area contributed by atoms with Gasteiger partial charge >= 0.3 is 5.97 Å². The minimum atomic E-state index is -4.24. The molecule has 1 N–H and O–H groups in total. The van der Waals surface area contributed by atoms with E-state index in [0.29, 0.717) is 17.5 Å². The number of hydrogen-bond donors (Lipinski definition) is 1. The third-order valence-corrected chi connectivity index (χ3v) is 5.78. The second kappa shape index (κ2) is 5.65. The summed E-state index contributed by atoms with van der Waals surface area (Å²) in [4.78, 5) is 21.1. The normalized spacial score (nSPS) is 19.3. The Balaban J connectivity index is 2.61. The Bertz CT molecular complexity index is 743. The summed E-state index contributed by atoms with van der Waals surface area (Å²) in [5.74, 6) is -1.24. The third kappa shape index (κ3) is 2.69. The van der Waals surface area contributed by atoms with Gasteiger partial charge in [-0.2, -0.15) is 4.31 Å². The second-order valence-corrected chi connectivity index (χ2v) is 7.13. The zero-order valence-corrected chi connectivity index (χ0v) is 13.0. The molecule has 1 aliphatic heterocycles. The number of rotatable bonds is 4. The maximum atomic E-state index is 12.7. The Morgan fingerprint density at radius 2 is 1.95 bits per heavy atom. The molecule has 1 aromatic carbocycles. The zero-order valence-electron chi connectivity index (χ0n) is 12.1. The first kappa shape index (κ1) is 16.4. The van der Waals surface area contributed by atoms with Crippen LogP contribution in [0.5, 0.6) is 0 Å². The van der Waals surface area contributed by atoms with Crippen LogP contribution in [0, 0.1) is 24.0 Å². The van der Waals surface area contributed by atoms with Crippen molar-refractivity contribution in [3.05, 3.63) is 33.4 Å². The van der Waals surface area contributed by atoms with E-state index >= 15 is 0 Å². The molecule has 120 valence electrons. The van der Waals surface area contributed by atoms with Gasteiger partial charge in [-0.05, 0) is 43.9 Å². The van der Waals surface area contributed by atoms with Crippen LogP contribution in [-0.4, -0.2) is 41.3 Å². The molecule has 0 spiro atoms. The molecule has 1 atom stereocenters. The van der Waals surface area contributed by atoms with Crippen molar-refractivity contribution in [2.45, 2.75) is 37.6 Å². The Hall–Kier alpha value is -2.00.